The highest BCUT2D eigenvalue weighted by atomic mass is 15.0. The van der Waals surface area contributed by atoms with Gasteiger partial charge in [-0.15, -0.1) is 0 Å². The summed E-state index contributed by atoms with van der Waals surface area (Å²) in [6.07, 6.45) is 0. The first-order chi connectivity index (χ1) is 59.5. The first-order valence-electron chi connectivity index (χ1n) is 40.8. The van der Waals surface area contributed by atoms with Crippen molar-refractivity contribution < 1.29 is 0 Å². The van der Waals surface area contributed by atoms with Crippen LogP contribution >= 0.6 is 0 Å². The topological polar surface area (TPSA) is 71.3 Å². The summed E-state index contributed by atoms with van der Waals surface area (Å²) < 4.78 is 9.56. The van der Waals surface area contributed by atoms with Crippen LogP contribution in [-0.4, -0.2) is 38.2 Å². The summed E-state index contributed by atoms with van der Waals surface area (Å²) in [6, 6.07) is 156. The lowest BCUT2D eigenvalue weighted by Crippen LogP contribution is -1.97. The van der Waals surface area contributed by atoms with Gasteiger partial charge in [0.15, 0.2) is 11.6 Å². The molecule has 0 aliphatic heterocycles. The van der Waals surface area contributed by atoms with E-state index in [1.807, 2.05) is 48.5 Å². The zero-order valence-corrected chi connectivity index (χ0v) is 65.1. The van der Waals surface area contributed by atoms with Gasteiger partial charge in [0.1, 0.15) is 0 Å². The van der Waals surface area contributed by atoms with Crippen molar-refractivity contribution in [3.8, 4) is 113 Å². The Balaban J connectivity index is 0.000000140. The summed E-state index contributed by atoms with van der Waals surface area (Å²) in [7, 11) is 0. The molecule has 24 rings (SSSR count). The number of hydrogen-bond donors (Lipinski definition) is 0. The van der Waals surface area contributed by atoms with E-state index in [-0.39, 0.29) is 0 Å². The van der Waals surface area contributed by atoms with Gasteiger partial charge in [0.2, 0.25) is 0 Å². The monoisotopic (exact) mass is 1530 g/mol. The van der Waals surface area contributed by atoms with Crippen LogP contribution in [0.1, 0.15) is 0 Å². The Morgan fingerprint density at radius 3 is 0.850 bits per heavy atom. The minimum absolute atomic E-state index is 0.710. The van der Waals surface area contributed by atoms with E-state index in [9.17, 15) is 0 Å². The summed E-state index contributed by atoms with van der Waals surface area (Å²) in [4.78, 5) is 20.2. The van der Waals surface area contributed by atoms with Crippen LogP contribution in [-0.2, 0) is 0 Å². The fraction of sp³-hybridized carbons (Fsp3) is 0. The number of para-hydroxylation sites is 4. The van der Waals surface area contributed by atoms with E-state index >= 15 is 0 Å². The first kappa shape index (κ1) is 69.4. The largest absolute Gasteiger partial charge is 0.309 e. The standard InChI is InChI=1S/2C56H36N4/c1-4-15-38(16-5-1)49-36-50(58-56(57-49)40-17-6-2-7-18-40)39-24-29-44(30-25-39)59-51-23-13-12-22-46(51)47-34-41(27-31-52(47)59)42-28-32-53-48(35-42)55-45-21-11-10-14-37(45)26-33-54(55)60(53)43-19-8-3-9-20-43;1-4-14-37(15-5-1)50-36-51(58-56(57-50)39-16-6-2-7-17-39)38-24-28-45(29-25-38)60-54-31-27-43(34-48(54)49-32-40-18-10-11-19-41(40)35-55(49)60)42-26-30-53-47(33-42)46-22-12-13-23-52(46)59(53)44-20-8-3-9-21-44/h2*1-36H. The van der Waals surface area contributed by atoms with Crippen molar-refractivity contribution in [3.63, 3.8) is 0 Å². The van der Waals surface area contributed by atoms with Crippen molar-refractivity contribution >= 4 is 109 Å². The number of rotatable bonds is 12. The van der Waals surface area contributed by atoms with E-state index in [4.69, 9.17) is 19.9 Å². The average molecular weight is 1530 g/mol. The predicted octanol–water partition coefficient (Wildman–Crippen LogP) is 29.0. The van der Waals surface area contributed by atoms with Crippen molar-refractivity contribution in [2.45, 2.75) is 0 Å². The van der Waals surface area contributed by atoms with E-state index in [2.05, 4.69) is 407 Å². The van der Waals surface area contributed by atoms with Gasteiger partial charge in [-0.3, -0.25) is 0 Å². The van der Waals surface area contributed by atoms with Crippen molar-refractivity contribution in [1.29, 1.82) is 0 Å². The van der Waals surface area contributed by atoms with Gasteiger partial charge >= 0.3 is 0 Å². The van der Waals surface area contributed by atoms with Crippen LogP contribution in [0.15, 0.2) is 437 Å². The lowest BCUT2D eigenvalue weighted by atomic mass is 9.99. The molecule has 6 heterocycles. The summed E-state index contributed by atoms with van der Waals surface area (Å²) >= 11 is 0. The second-order valence-corrected chi connectivity index (χ2v) is 30.9. The Kier molecular flexibility index (Phi) is 16.7. The van der Waals surface area contributed by atoms with E-state index < -0.39 is 0 Å². The molecule has 0 saturated heterocycles. The molecule has 0 radical (unpaired) electrons. The highest BCUT2D eigenvalue weighted by Gasteiger charge is 2.23. The third kappa shape index (κ3) is 12.1. The second kappa shape index (κ2) is 29.0. The number of nitrogens with zero attached hydrogens (tertiary/aromatic N) is 8. The Morgan fingerprint density at radius 1 is 0.142 bits per heavy atom. The molecule has 120 heavy (non-hydrogen) atoms. The molecule has 0 atom stereocenters. The van der Waals surface area contributed by atoms with Crippen LogP contribution in [0.5, 0.6) is 0 Å². The van der Waals surface area contributed by atoms with E-state index in [0.29, 0.717) is 11.6 Å². The van der Waals surface area contributed by atoms with Gasteiger partial charge in [-0.2, -0.15) is 0 Å². The molecule has 0 amide bonds. The van der Waals surface area contributed by atoms with Crippen LogP contribution < -0.4 is 0 Å². The zero-order chi connectivity index (χ0) is 79.1. The van der Waals surface area contributed by atoms with Crippen molar-refractivity contribution in [3.05, 3.63) is 437 Å². The number of aromatic nitrogens is 8. The fourth-order valence-electron chi connectivity index (χ4n) is 18.1. The Morgan fingerprint density at radius 2 is 0.417 bits per heavy atom. The van der Waals surface area contributed by atoms with Crippen LogP contribution in [0.2, 0.25) is 0 Å². The van der Waals surface area contributed by atoms with Crippen molar-refractivity contribution in [2.24, 2.45) is 0 Å². The second-order valence-electron chi connectivity index (χ2n) is 30.9. The molecule has 0 N–H and O–H groups in total. The first-order valence-corrected chi connectivity index (χ1v) is 40.8. The lowest BCUT2D eigenvalue weighted by Gasteiger charge is -2.12. The smallest absolute Gasteiger partial charge is 0.160 e. The van der Waals surface area contributed by atoms with Crippen molar-refractivity contribution in [1.82, 2.24) is 38.2 Å². The molecule has 18 aromatic carbocycles. The van der Waals surface area contributed by atoms with Gasteiger partial charge in [0.25, 0.3) is 0 Å². The fourth-order valence-corrected chi connectivity index (χ4v) is 18.1. The summed E-state index contributed by atoms with van der Waals surface area (Å²) in [6.45, 7) is 0. The van der Waals surface area contributed by atoms with E-state index in [1.165, 1.54) is 131 Å². The molecule has 0 bridgehead atoms. The molecule has 8 heteroatoms. The molecule has 560 valence electrons. The van der Waals surface area contributed by atoms with E-state index in [0.717, 1.165) is 78.9 Å². The molecule has 0 aliphatic rings. The highest BCUT2D eigenvalue weighted by molar-refractivity contribution is 6.22. The average Bonchev–Trinajstić information content (AvgIpc) is 1.60. The molecule has 6 aromatic heterocycles. The molecular weight excluding hydrogens is 1460 g/mol. The Hall–Kier alpha value is -16.2. The van der Waals surface area contributed by atoms with Crippen LogP contribution in [0.4, 0.5) is 0 Å². The van der Waals surface area contributed by atoms with Gasteiger partial charge in [-0.1, -0.05) is 297 Å². The van der Waals surface area contributed by atoms with Gasteiger partial charge < -0.3 is 18.3 Å². The Bertz CT molecular complexity index is 7980. The van der Waals surface area contributed by atoms with Gasteiger partial charge in [-0.25, -0.2) is 19.9 Å². The third-order valence-electron chi connectivity index (χ3n) is 23.8. The van der Waals surface area contributed by atoms with Crippen molar-refractivity contribution in [2.75, 3.05) is 0 Å². The molecule has 0 fully saturated rings. The van der Waals surface area contributed by atoms with Gasteiger partial charge in [0, 0.05) is 99.2 Å². The Labute approximate surface area is 692 Å². The number of fused-ring (bicyclic) bond motifs is 15. The summed E-state index contributed by atoms with van der Waals surface area (Å²) in [5.41, 5.74) is 28.5. The molecule has 8 nitrogen and oxygen atoms in total. The third-order valence-corrected chi connectivity index (χ3v) is 23.8. The van der Waals surface area contributed by atoms with E-state index in [1.54, 1.807) is 0 Å². The highest BCUT2D eigenvalue weighted by Crippen LogP contribution is 2.44. The molecule has 0 spiro atoms. The summed E-state index contributed by atoms with van der Waals surface area (Å²) in [5, 5.41) is 14.9. The maximum Gasteiger partial charge on any atom is 0.160 e. The van der Waals surface area contributed by atoms with Crippen LogP contribution in [0, 0.1) is 0 Å². The van der Waals surface area contributed by atoms with Crippen LogP contribution in [0.3, 0.4) is 0 Å². The molecule has 0 unspecified atom stereocenters. The van der Waals surface area contributed by atoms with Gasteiger partial charge in [0.05, 0.1) is 66.9 Å². The predicted molar refractivity (Wildman–Crippen MR) is 500 cm³/mol. The van der Waals surface area contributed by atoms with Gasteiger partial charge in [-0.05, 0) is 183 Å². The molecule has 0 aliphatic carbocycles. The summed E-state index contributed by atoms with van der Waals surface area (Å²) in [5.74, 6) is 1.42. The maximum absolute atomic E-state index is 5.10. The lowest BCUT2D eigenvalue weighted by molar-refractivity contribution is 1.17. The quantitative estimate of drug-likeness (QED) is 0.122. The number of benzene rings is 18. The normalized spacial score (nSPS) is 11.7. The van der Waals surface area contributed by atoms with Crippen LogP contribution in [0.25, 0.3) is 222 Å². The SMILES string of the molecule is c1ccc(-c2cc(-c3ccc(-n4c5ccc(-c6ccc7c(c6)c6ccccc6n7-c6ccccc6)cc5c5cc6ccccc6cc54)cc3)nc(-c3ccccc3)n2)cc1.c1ccc(-c2cc(-c3ccc(-n4c5ccccc5c5cc(-c6ccc7c(c6)c6c8ccccc8ccc6n7-c6ccccc6)ccc54)cc3)nc(-c3ccccc3)n2)cc1. The number of hydrogen-bond acceptors (Lipinski definition) is 4. The maximum atomic E-state index is 5.10. The zero-order valence-electron chi connectivity index (χ0n) is 65.1. The minimum atomic E-state index is 0.710. The molecule has 24 aromatic rings. The molecular formula is C112H72N8. The molecule has 0 saturated carbocycles. The minimum Gasteiger partial charge on any atom is -0.309 e.